The summed E-state index contributed by atoms with van der Waals surface area (Å²) in [5, 5.41) is 13.9. The lowest BCUT2D eigenvalue weighted by atomic mass is 10.1. The third kappa shape index (κ3) is 5.34. The van der Waals surface area contributed by atoms with E-state index in [-0.39, 0.29) is 11.6 Å². The molecule has 0 radical (unpaired) electrons. The summed E-state index contributed by atoms with van der Waals surface area (Å²) in [5.74, 6) is 0.373. The molecular weight excluding hydrogens is 292 g/mol. The number of hydrogen-bond acceptors (Lipinski definition) is 5. The summed E-state index contributed by atoms with van der Waals surface area (Å²) in [7, 11) is 1.67. The summed E-state index contributed by atoms with van der Waals surface area (Å²) in [6.07, 6.45) is 1.85. The molecule has 0 atom stereocenters. The van der Waals surface area contributed by atoms with E-state index in [1.807, 2.05) is 24.3 Å². The van der Waals surface area contributed by atoms with Crippen LogP contribution in [-0.4, -0.2) is 36.4 Å². The highest BCUT2D eigenvalue weighted by Crippen LogP contribution is 2.11. The number of aryl methyl sites for hydroxylation is 1. The Morgan fingerprint density at radius 3 is 2.52 bits per heavy atom. The number of carbonyl (C=O) groups excluding carboxylic acids is 1. The van der Waals surface area contributed by atoms with Crippen molar-refractivity contribution in [1.29, 1.82) is 0 Å². The molecule has 1 amide bonds. The minimum absolute atomic E-state index is 0.271. The fraction of sp³-hybridized carbons (Fsp3) is 0.353. The maximum atomic E-state index is 12.1. The third-order valence-corrected chi connectivity index (χ3v) is 3.35. The Morgan fingerprint density at radius 1 is 1.13 bits per heavy atom. The molecule has 0 aliphatic heterocycles. The predicted octanol–water partition coefficient (Wildman–Crippen LogP) is 2.74. The van der Waals surface area contributed by atoms with Crippen LogP contribution in [0, 0.1) is 0 Å². The second-order valence-electron chi connectivity index (χ2n) is 5.08. The SMILES string of the molecule is CCc1ccc(NC(=O)c2ccc(NCCCOC)nn2)cc1. The van der Waals surface area contributed by atoms with Crippen LogP contribution in [0.1, 0.15) is 29.4 Å². The largest absolute Gasteiger partial charge is 0.385 e. The minimum atomic E-state index is -0.271. The third-order valence-electron chi connectivity index (χ3n) is 3.35. The number of ether oxygens (including phenoxy) is 1. The summed E-state index contributed by atoms with van der Waals surface area (Å²) >= 11 is 0. The van der Waals surface area contributed by atoms with E-state index in [9.17, 15) is 4.79 Å². The number of methoxy groups -OCH3 is 1. The molecule has 0 unspecified atom stereocenters. The normalized spacial score (nSPS) is 10.3. The van der Waals surface area contributed by atoms with Gasteiger partial charge in [0.2, 0.25) is 0 Å². The van der Waals surface area contributed by atoms with Gasteiger partial charge in [-0.2, -0.15) is 0 Å². The molecule has 23 heavy (non-hydrogen) atoms. The topological polar surface area (TPSA) is 76.1 Å². The molecule has 1 heterocycles. The number of hydrogen-bond donors (Lipinski definition) is 2. The number of nitrogens with zero attached hydrogens (tertiary/aromatic N) is 2. The number of aromatic nitrogens is 2. The van der Waals surface area contributed by atoms with Crippen LogP contribution in [0.15, 0.2) is 36.4 Å². The second-order valence-corrected chi connectivity index (χ2v) is 5.08. The first-order chi connectivity index (χ1) is 11.2. The Hall–Kier alpha value is -2.47. The lowest BCUT2D eigenvalue weighted by molar-refractivity contribution is 0.102. The quantitative estimate of drug-likeness (QED) is 0.733. The molecule has 0 spiro atoms. The summed E-state index contributed by atoms with van der Waals surface area (Å²) in [5.41, 5.74) is 2.26. The van der Waals surface area contributed by atoms with Crippen LogP contribution in [0.3, 0.4) is 0 Å². The molecule has 0 bridgehead atoms. The monoisotopic (exact) mass is 314 g/mol. The van der Waals surface area contributed by atoms with Crippen molar-refractivity contribution in [2.75, 3.05) is 30.9 Å². The molecule has 0 saturated heterocycles. The zero-order valence-corrected chi connectivity index (χ0v) is 13.5. The molecule has 1 aromatic carbocycles. The first-order valence-corrected chi connectivity index (χ1v) is 7.69. The predicted molar refractivity (Wildman–Crippen MR) is 90.8 cm³/mol. The Kier molecular flexibility index (Phi) is 6.50. The highest BCUT2D eigenvalue weighted by atomic mass is 16.5. The van der Waals surface area contributed by atoms with E-state index in [1.54, 1.807) is 19.2 Å². The van der Waals surface area contributed by atoms with Crippen molar-refractivity contribution in [2.45, 2.75) is 19.8 Å². The van der Waals surface area contributed by atoms with Crippen LogP contribution >= 0.6 is 0 Å². The van der Waals surface area contributed by atoms with Gasteiger partial charge in [-0.05, 0) is 42.7 Å². The fourth-order valence-electron chi connectivity index (χ4n) is 2.00. The number of anilines is 2. The molecular formula is C17H22N4O2. The van der Waals surface area contributed by atoms with E-state index in [0.717, 1.165) is 25.1 Å². The van der Waals surface area contributed by atoms with Gasteiger partial charge in [-0.15, -0.1) is 10.2 Å². The fourth-order valence-corrected chi connectivity index (χ4v) is 2.00. The summed E-state index contributed by atoms with van der Waals surface area (Å²) < 4.78 is 4.97. The van der Waals surface area contributed by atoms with Crippen molar-refractivity contribution in [1.82, 2.24) is 10.2 Å². The minimum Gasteiger partial charge on any atom is -0.385 e. The van der Waals surface area contributed by atoms with E-state index in [4.69, 9.17) is 4.74 Å². The van der Waals surface area contributed by atoms with Crippen LogP contribution in [0.5, 0.6) is 0 Å². The van der Waals surface area contributed by atoms with Crippen molar-refractivity contribution >= 4 is 17.4 Å². The molecule has 0 fully saturated rings. The van der Waals surface area contributed by atoms with Gasteiger partial charge in [-0.1, -0.05) is 19.1 Å². The van der Waals surface area contributed by atoms with Crippen LogP contribution < -0.4 is 10.6 Å². The van der Waals surface area contributed by atoms with Crippen LogP contribution in [-0.2, 0) is 11.2 Å². The van der Waals surface area contributed by atoms with Crippen LogP contribution in [0.4, 0.5) is 11.5 Å². The molecule has 6 heteroatoms. The van der Waals surface area contributed by atoms with E-state index in [1.165, 1.54) is 5.56 Å². The number of amides is 1. The van der Waals surface area contributed by atoms with Gasteiger partial charge < -0.3 is 15.4 Å². The van der Waals surface area contributed by atoms with E-state index < -0.39 is 0 Å². The average Bonchev–Trinajstić information content (AvgIpc) is 2.60. The standard InChI is InChI=1S/C17H22N4O2/c1-3-13-5-7-14(8-6-13)19-17(22)15-9-10-16(21-20-15)18-11-4-12-23-2/h5-10H,3-4,11-12H2,1-2H3,(H,18,21)(H,19,22). The van der Waals surface area contributed by atoms with Gasteiger partial charge in [-0.3, -0.25) is 4.79 Å². The van der Waals surface area contributed by atoms with Crippen molar-refractivity contribution in [3.63, 3.8) is 0 Å². The van der Waals surface area contributed by atoms with Gasteiger partial charge in [0.25, 0.3) is 5.91 Å². The molecule has 2 rings (SSSR count). The van der Waals surface area contributed by atoms with E-state index >= 15 is 0 Å². The average molecular weight is 314 g/mol. The Morgan fingerprint density at radius 2 is 1.91 bits per heavy atom. The number of nitrogens with one attached hydrogen (secondary N) is 2. The number of benzene rings is 1. The Balaban J connectivity index is 1.88. The van der Waals surface area contributed by atoms with E-state index in [0.29, 0.717) is 12.4 Å². The smallest absolute Gasteiger partial charge is 0.276 e. The first kappa shape index (κ1) is 16.9. The maximum Gasteiger partial charge on any atom is 0.276 e. The number of carbonyl (C=O) groups is 1. The molecule has 122 valence electrons. The Bertz CT molecular complexity index is 611. The van der Waals surface area contributed by atoms with Gasteiger partial charge in [0, 0.05) is 25.9 Å². The molecule has 0 aliphatic carbocycles. The van der Waals surface area contributed by atoms with Crippen molar-refractivity contribution in [2.24, 2.45) is 0 Å². The van der Waals surface area contributed by atoms with E-state index in [2.05, 4.69) is 27.8 Å². The second kappa shape index (κ2) is 8.85. The van der Waals surface area contributed by atoms with Gasteiger partial charge in [0.05, 0.1) is 0 Å². The molecule has 2 aromatic rings. The first-order valence-electron chi connectivity index (χ1n) is 7.69. The number of rotatable bonds is 8. The van der Waals surface area contributed by atoms with Crippen molar-refractivity contribution in [3.8, 4) is 0 Å². The highest BCUT2D eigenvalue weighted by molar-refractivity contribution is 6.02. The van der Waals surface area contributed by atoms with Gasteiger partial charge in [0.1, 0.15) is 5.82 Å². The molecule has 2 N–H and O–H groups in total. The van der Waals surface area contributed by atoms with Crippen molar-refractivity contribution < 1.29 is 9.53 Å². The van der Waals surface area contributed by atoms with Crippen LogP contribution in [0.25, 0.3) is 0 Å². The summed E-state index contributed by atoms with van der Waals surface area (Å²) in [6.45, 7) is 3.53. The Labute approximate surface area is 136 Å². The lowest BCUT2D eigenvalue weighted by Gasteiger charge is -2.07. The summed E-state index contributed by atoms with van der Waals surface area (Å²) in [4.78, 5) is 12.1. The summed E-state index contributed by atoms with van der Waals surface area (Å²) in [6, 6.07) is 11.2. The molecule has 0 saturated carbocycles. The van der Waals surface area contributed by atoms with Crippen LogP contribution in [0.2, 0.25) is 0 Å². The molecule has 1 aromatic heterocycles. The zero-order valence-electron chi connectivity index (χ0n) is 13.5. The lowest BCUT2D eigenvalue weighted by Crippen LogP contribution is -2.15. The highest BCUT2D eigenvalue weighted by Gasteiger charge is 2.08. The van der Waals surface area contributed by atoms with Gasteiger partial charge in [-0.25, -0.2) is 0 Å². The van der Waals surface area contributed by atoms with Gasteiger partial charge >= 0.3 is 0 Å². The maximum absolute atomic E-state index is 12.1. The van der Waals surface area contributed by atoms with Crippen molar-refractivity contribution in [3.05, 3.63) is 47.7 Å². The molecule has 6 nitrogen and oxygen atoms in total. The van der Waals surface area contributed by atoms with Gasteiger partial charge in [0.15, 0.2) is 5.69 Å². The molecule has 0 aliphatic rings. The zero-order chi connectivity index (χ0) is 16.5.